The van der Waals surface area contributed by atoms with Crippen molar-refractivity contribution >= 4 is 17.6 Å². The Morgan fingerprint density at radius 2 is 2.29 bits per heavy atom. The molecule has 0 aliphatic rings. The van der Waals surface area contributed by atoms with Crippen molar-refractivity contribution in [2.75, 3.05) is 12.0 Å². The first-order valence-corrected chi connectivity index (χ1v) is 5.14. The highest BCUT2D eigenvalue weighted by atomic mass is 32.2. The quantitative estimate of drug-likeness (QED) is 0.746. The van der Waals surface area contributed by atoms with Crippen LogP contribution in [0.25, 0.3) is 0 Å². The number of aromatic nitrogens is 2. The average Bonchev–Trinajstić information content (AvgIpc) is 2.51. The number of nitrogens with two attached hydrogens (primary N) is 1. The van der Waals surface area contributed by atoms with Gasteiger partial charge in [-0.25, -0.2) is 4.68 Å². The van der Waals surface area contributed by atoms with Gasteiger partial charge in [0.1, 0.15) is 22.5 Å². The molecule has 1 aromatic rings. The van der Waals surface area contributed by atoms with Crippen LogP contribution in [0.4, 0.5) is 5.82 Å². The Morgan fingerprint density at radius 3 is 2.71 bits per heavy atom. The zero-order chi connectivity index (χ0) is 10.6. The van der Waals surface area contributed by atoms with Gasteiger partial charge in [-0.3, -0.25) is 0 Å². The van der Waals surface area contributed by atoms with E-state index >= 15 is 0 Å². The number of hydrogen-bond donors (Lipinski definition) is 1. The van der Waals surface area contributed by atoms with Crippen molar-refractivity contribution in [3.8, 4) is 12.1 Å². The van der Waals surface area contributed by atoms with Crippen LogP contribution in [0.2, 0.25) is 0 Å². The molecule has 0 radical (unpaired) electrons. The second-order valence-electron chi connectivity index (χ2n) is 2.51. The van der Waals surface area contributed by atoms with E-state index in [0.29, 0.717) is 29.4 Å². The molecule has 5 nitrogen and oxygen atoms in total. The molecule has 14 heavy (non-hydrogen) atoms. The zero-order valence-corrected chi connectivity index (χ0v) is 8.51. The third kappa shape index (κ3) is 1.81. The molecule has 0 aliphatic heterocycles. The number of nitrogen functional groups attached to an aromatic ring is 1. The van der Waals surface area contributed by atoms with E-state index in [0.717, 1.165) is 0 Å². The van der Waals surface area contributed by atoms with Gasteiger partial charge in [0.05, 0.1) is 19.0 Å². The third-order valence-electron chi connectivity index (χ3n) is 1.70. The van der Waals surface area contributed by atoms with Crippen LogP contribution in [-0.2, 0) is 6.54 Å². The van der Waals surface area contributed by atoms with Crippen LogP contribution >= 0.6 is 11.8 Å². The lowest BCUT2D eigenvalue weighted by Crippen LogP contribution is -2.04. The SMILES string of the molecule is CSc1nn(CCC#N)c(N)c1C#N. The summed E-state index contributed by atoms with van der Waals surface area (Å²) in [7, 11) is 0. The Kier molecular flexibility index (Phi) is 3.38. The second kappa shape index (κ2) is 4.54. The molecule has 0 aliphatic carbocycles. The van der Waals surface area contributed by atoms with Crippen molar-refractivity contribution in [3.63, 3.8) is 0 Å². The van der Waals surface area contributed by atoms with Crippen molar-refractivity contribution in [1.82, 2.24) is 9.78 Å². The Balaban J connectivity index is 3.04. The van der Waals surface area contributed by atoms with Crippen LogP contribution in [0.3, 0.4) is 0 Å². The maximum absolute atomic E-state index is 8.81. The molecule has 0 atom stereocenters. The van der Waals surface area contributed by atoms with Crippen molar-refractivity contribution in [1.29, 1.82) is 10.5 Å². The molecule has 2 N–H and O–H groups in total. The molecule has 6 heteroatoms. The summed E-state index contributed by atoms with van der Waals surface area (Å²) in [6.07, 6.45) is 2.17. The van der Waals surface area contributed by atoms with E-state index in [1.54, 1.807) is 0 Å². The first-order chi connectivity index (χ1) is 6.74. The van der Waals surface area contributed by atoms with Crippen LogP contribution in [0.5, 0.6) is 0 Å². The van der Waals surface area contributed by atoms with Crippen molar-refractivity contribution < 1.29 is 0 Å². The minimum absolute atomic E-state index is 0.338. The largest absolute Gasteiger partial charge is 0.383 e. The van der Waals surface area contributed by atoms with Crippen molar-refractivity contribution in [2.24, 2.45) is 0 Å². The fourth-order valence-corrected chi connectivity index (χ4v) is 1.56. The number of nitrogens with zero attached hydrogens (tertiary/aromatic N) is 4. The van der Waals surface area contributed by atoms with Gasteiger partial charge in [0.15, 0.2) is 0 Å². The first-order valence-electron chi connectivity index (χ1n) is 3.92. The van der Waals surface area contributed by atoms with E-state index in [1.807, 2.05) is 18.4 Å². The summed E-state index contributed by atoms with van der Waals surface area (Å²) in [4.78, 5) is 0. The molecule has 0 saturated carbocycles. The number of rotatable bonds is 3. The smallest absolute Gasteiger partial charge is 0.140 e. The van der Waals surface area contributed by atoms with E-state index in [2.05, 4.69) is 5.10 Å². The van der Waals surface area contributed by atoms with Gasteiger partial charge in [-0.15, -0.1) is 11.8 Å². The molecule has 0 saturated heterocycles. The fraction of sp³-hybridized carbons (Fsp3) is 0.375. The van der Waals surface area contributed by atoms with Gasteiger partial charge in [-0.1, -0.05) is 0 Å². The van der Waals surface area contributed by atoms with Gasteiger partial charge in [0, 0.05) is 0 Å². The summed E-state index contributed by atoms with van der Waals surface area (Å²) in [6, 6.07) is 4.00. The highest BCUT2D eigenvalue weighted by Crippen LogP contribution is 2.23. The molecule has 0 bridgehead atoms. The van der Waals surface area contributed by atoms with E-state index in [1.165, 1.54) is 16.4 Å². The van der Waals surface area contributed by atoms with Gasteiger partial charge < -0.3 is 5.73 Å². The summed E-state index contributed by atoms with van der Waals surface area (Å²) in [5, 5.41) is 21.9. The summed E-state index contributed by atoms with van der Waals surface area (Å²) in [6.45, 7) is 0.428. The molecule has 1 aromatic heterocycles. The predicted octanol–water partition coefficient (Wildman–Crippen LogP) is 0.973. The van der Waals surface area contributed by atoms with E-state index in [9.17, 15) is 0 Å². The fourth-order valence-electron chi connectivity index (χ4n) is 1.03. The average molecular weight is 207 g/mol. The summed E-state index contributed by atoms with van der Waals surface area (Å²) in [5.41, 5.74) is 6.08. The number of nitriles is 2. The lowest BCUT2D eigenvalue weighted by Gasteiger charge is -1.98. The molecule has 1 heterocycles. The molecule has 0 amide bonds. The van der Waals surface area contributed by atoms with Crippen molar-refractivity contribution in [3.05, 3.63) is 5.56 Å². The van der Waals surface area contributed by atoms with Crippen LogP contribution in [-0.4, -0.2) is 16.0 Å². The predicted molar refractivity (Wildman–Crippen MR) is 53.4 cm³/mol. The number of aryl methyl sites for hydroxylation is 1. The van der Waals surface area contributed by atoms with Crippen LogP contribution in [0.15, 0.2) is 5.03 Å². The maximum Gasteiger partial charge on any atom is 0.140 e. The van der Waals surface area contributed by atoms with Crippen molar-refractivity contribution in [2.45, 2.75) is 18.0 Å². The second-order valence-corrected chi connectivity index (χ2v) is 3.31. The van der Waals surface area contributed by atoms with Gasteiger partial charge >= 0.3 is 0 Å². The van der Waals surface area contributed by atoms with E-state index in [4.69, 9.17) is 16.3 Å². The zero-order valence-electron chi connectivity index (χ0n) is 7.69. The molecule has 0 spiro atoms. The van der Waals surface area contributed by atoms with E-state index < -0.39 is 0 Å². The Bertz CT molecular complexity index is 409. The summed E-state index contributed by atoms with van der Waals surface area (Å²) >= 11 is 1.37. The molecular formula is C8H9N5S. The van der Waals surface area contributed by atoms with E-state index in [-0.39, 0.29) is 0 Å². The Labute approximate surface area is 86.1 Å². The Hall–Kier alpha value is -1.66. The van der Waals surface area contributed by atoms with Crippen LogP contribution in [0.1, 0.15) is 12.0 Å². The monoisotopic (exact) mass is 207 g/mol. The topological polar surface area (TPSA) is 91.4 Å². The summed E-state index contributed by atoms with van der Waals surface area (Å²) < 4.78 is 1.49. The van der Waals surface area contributed by atoms with Gasteiger partial charge in [-0.05, 0) is 6.26 Å². The molecule has 0 fully saturated rings. The highest BCUT2D eigenvalue weighted by Gasteiger charge is 2.13. The maximum atomic E-state index is 8.81. The Morgan fingerprint density at radius 1 is 1.57 bits per heavy atom. The number of hydrogen-bond acceptors (Lipinski definition) is 5. The van der Waals surface area contributed by atoms with Gasteiger partial charge in [0.25, 0.3) is 0 Å². The highest BCUT2D eigenvalue weighted by molar-refractivity contribution is 7.98. The molecule has 0 aromatic carbocycles. The first kappa shape index (κ1) is 10.4. The lowest BCUT2D eigenvalue weighted by molar-refractivity contribution is 0.620. The molecular weight excluding hydrogens is 198 g/mol. The molecule has 0 unspecified atom stereocenters. The molecule has 1 rings (SSSR count). The number of thioether (sulfide) groups is 1. The van der Waals surface area contributed by atoms with Gasteiger partial charge in [-0.2, -0.15) is 15.6 Å². The molecule has 72 valence electrons. The third-order valence-corrected chi connectivity index (χ3v) is 2.37. The lowest BCUT2D eigenvalue weighted by atomic mass is 10.3. The van der Waals surface area contributed by atoms with Crippen LogP contribution in [0, 0.1) is 22.7 Å². The van der Waals surface area contributed by atoms with Gasteiger partial charge in [0.2, 0.25) is 0 Å². The minimum Gasteiger partial charge on any atom is -0.383 e. The number of anilines is 1. The van der Waals surface area contributed by atoms with Crippen LogP contribution < -0.4 is 5.73 Å². The standard InChI is InChI=1S/C8H9N5S/c1-14-8-6(5-10)7(11)13(12-8)4-2-3-9/h2,4,11H2,1H3. The minimum atomic E-state index is 0.338. The summed E-state index contributed by atoms with van der Waals surface area (Å²) in [5.74, 6) is 0.340. The normalized spacial score (nSPS) is 9.36.